The van der Waals surface area contributed by atoms with Gasteiger partial charge in [-0.25, -0.2) is 4.79 Å². The molecular weight excluding hydrogens is 614 g/mol. The van der Waals surface area contributed by atoms with Crippen LogP contribution in [0.5, 0.6) is 0 Å². The van der Waals surface area contributed by atoms with E-state index in [1.165, 1.54) is 11.0 Å². The molecule has 0 saturated carbocycles. The summed E-state index contributed by atoms with van der Waals surface area (Å²) >= 11 is 0. The lowest BCUT2D eigenvalue weighted by Gasteiger charge is -2.36. The zero-order chi connectivity index (χ0) is 36.8. The fourth-order valence-electron chi connectivity index (χ4n) is 4.98. The summed E-state index contributed by atoms with van der Waals surface area (Å²) in [5, 5.41) is 19.1. The molecule has 2 rings (SSSR count). The van der Waals surface area contributed by atoms with Gasteiger partial charge in [-0.15, -0.1) is 6.58 Å². The number of hydrogen-bond donors (Lipinski definition) is 5. The van der Waals surface area contributed by atoms with Gasteiger partial charge in [0.1, 0.15) is 12.1 Å². The quantitative estimate of drug-likeness (QED) is 0.114. The predicted octanol–water partition coefficient (Wildman–Crippen LogP) is 3.53. The van der Waals surface area contributed by atoms with E-state index < -0.39 is 64.7 Å². The number of benzene rings is 1. The Morgan fingerprint density at radius 3 is 2.06 bits per heavy atom. The summed E-state index contributed by atoms with van der Waals surface area (Å²) in [6.07, 6.45) is 3.19. The number of ketones is 2. The Morgan fingerprint density at radius 1 is 0.979 bits per heavy atom. The molecule has 1 aliphatic heterocycles. The van der Waals surface area contributed by atoms with Crippen LogP contribution in [0.1, 0.15) is 98.4 Å². The average molecular weight is 672 g/mol. The van der Waals surface area contributed by atoms with Crippen LogP contribution in [-0.4, -0.2) is 88.2 Å². The molecule has 4 unspecified atom stereocenters. The lowest BCUT2D eigenvalue weighted by molar-refractivity contribution is -0.143. The van der Waals surface area contributed by atoms with E-state index in [-0.39, 0.29) is 24.7 Å². The van der Waals surface area contributed by atoms with Gasteiger partial charge in [-0.2, -0.15) is 0 Å². The summed E-state index contributed by atoms with van der Waals surface area (Å²) in [7, 11) is 0. The third kappa shape index (κ3) is 14.0. The molecule has 1 heterocycles. The van der Waals surface area contributed by atoms with Crippen LogP contribution in [0.4, 0.5) is 4.79 Å². The highest BCUT2D eigenvalue weighted by Crippen LogP contribution is 2.26. The lowest BCUT2D eigenvalue weighted by atomic mass is 9.85. The highest BCUT2D eigenvalue weighted by Gasteiger charge is 2.43. The maximum absolute atomic E-state index is 13.9. The number of hydrogen-bond acceptors (Lipinski definition) is 7. The fourth-order valence-corrected chi connectivity index (χ4v) is 4.98. The summed E-state index contributed by atoms with van der Waals surface area (Å²) in [6, 6.07) is 4.27. The molecule has 0 spiro atoms. The van der Waals surface area contributed by atoms with Gasteiger partial charge < -0.3 is 31.3 Å². The van der Waals surface area contributed by atoms with Crippen molar-refractivity contribution in [3.63, 3.8) is 0 Å². The van der Waals surface area contributed by atoms with Gasteiger partial charge >= 0.3 is 6.03 Å². The van der Waals surface area contributed by atoms with E-state index in [0.29, 0.717) is 31.4 Å². The smallest absolute Gasteiger partial charge is 0.316 e. The number of urea groups is 1. The van der Waals surface area contributed by atoms with Crippen molar-refractivity contribution in [2.75, 3.05) is 13.1 Å². The highest BCUT2D eigenvalue weighted by atomic mass is 16.3. The van der Waals surface area contributed by atoms with Crippen molar-refractivity contribution in [3.05, 3.63) is 48.6 Å². The summed E-state index contributed by atoms with van der Waals surface area (Å²) < 4.78 is 0. The van der Waals surface area contributed by atoms with E-state index >= 15 is 0 Å². The molecule has 4 atom stereocenters. The van der Waals surface area contributed by atoms with Gasteiger partial charge in [-0.3, -0.25) is 24.0 Å². The van der Waals surface area contributed by atoms with Crippen LogP contribution in [0, 0.1) is 11.3 Å². The molecule has 0 aliphatic carbocycles. The standard InChI is InChI=1S/C32H47N5O6.C4H10O/c1-8-14-22(26(39)29(41)33-18-9-2)34-28(40)23-17-13-19-37(23)30(42)27(32(5,6)7)36-31(43)35-24(20(3)4)25(38)21-15-11-10-12-16-21;1-4(2,3)5/h9-12,15-16,20,22-24,27H,2,8,13-14,17-19H2,1,3-7H3,(H,33,41)(H,34,40)(H2,35,36,43);5H,1-3H3. The molecule has 1 aliphatic rings. The third-order valence-electron chi connectivity index (χ3n) is 7.36. The molecule has 1 aromatic carbocycles. The van der Waals surface area contributed by atoms with Gasteiger partial charge in [0.05, 0.1) is 17.7 Å². The topological polar surface area (TPSA) is 174 Å². The van der Waals surface area contributed by atoms with Gasteiger partial charge in [-0.05, 0) is 51.4 Å². The van der Waals surface area contributed by atoms with E-state index in [1.807, 2.05) is 20.8 Å². The lowest BCUT2D eigenvalue weighted by Crippen LogP contribution is -2.61. The second-order valence-electron chi connectivity index (χ2n) is 14.4. The first-order valence-electron chi connectivity index (χ1n) is 16.6. The second-order valence-corrected chi connectivity index (χ2v) is 14.4. The SMILES string of the molecule is C=CCNC(=O)C(=O)C(CCC)NC(=O)C1CCCN1C(=O)C(NC(=O)NC(C(=O)c1ccccc1)C(C)C)C(C)(C)C.CC(C)(C)O. The fraction of sp³-hybridized carbons (Fsp3) is 0.611. The van der Waals surface area contributed by atoms with Crippen molar-refractivity contribution in [2.24, 2.45) is 11.3 Å². The van der Waals surface area contributed by atoms with Crippen LogP contribution >= 0.6 is 0 Å². The van der Waals surface area contributed by atoms with Crippen molar-refractivity contribution < 1.29 is 33.9 Å². The molecule has 48 heavy (non-hydrogen) atoms. The molecular formula is C36H57N5O7. The predicted molar refractivity (Wildman–Crippen MR) is 186 cm³/mol. The first-order chi connectivity index (χ1) is 22.2. The van der Waals surface area contributed by atoms with Crippen molar-refractivity contribution in [1.29, 1.82) is 0 Å². The average Bonchev–Trinajstić information content (AvgIpc) is 3.49. The van der Waals surface area contributed by atoms with Gasteiger partial charge in [0, 0.05) is 18.7 Å². The van der Waals surface area contributed by atoms with Crippen molar-refractivity contribution in [3.8, 4) is 0 Å². The Balaban J connectivity index is 0.00000213. The van der Waals surface area contributed by atoms with Crippen LogP contribution in [0.15, 0.2) is 43.0 Å². The number of Topliss-reactive ketones (excluding diaryl/α,β-unsaturated/α-hetero) is 2. The third-order valence-corrected chi connectivity index (χ3v) is 7.36. The monoisotopic (exact) mass is 671 g/mol. The van der Waals surface area contributed by atoms with E-state index in [2.05, 4.69) is 27.8 Å². The van der Waals surface area contributed by atoms with Gasteiger partial charge in [0.15, 0.2) is 5.78 Å². The van der Waals surface area contributed by atoms with Crippen molar-refractivity contribution in [1.82, 2.24) is 26.2 Å². The van der Waals surface area contributed by atoms with E-state index in [1.54, 1.807) is 71.9 Å². The molecule has 268 valence electrons. The van der Waals surface area contributed by atoms with Crippen molar-refractivity contribution in [2.45, 2.75) is 118 Å². The Bertz CT molecular complexity index is 1260. The first-order valence-corrected chi connectivity index (χ1v) is 16.6. The minimum atomic E-state index is -1.03. The first kappa shape index (κ1) is 42.0. The maximum Gasteiger partial charge on any atom is 0.316 e. The number of rotatable bonds is 14. The Labute approximate surface area is 285 Å². The number of carbonyl (C=O) groups excluding carboxylic acids is 6. The number of nitrogens with one attached hydrogen (secondary N) is 4. The minimum Gasteiger partial charge on any atom is -0.391 e. The number of nitrogens with zero attached hydrogens (tertiary/aromatic N) is 1. The number of likely N-dealkylation sites (tertiary alicyclic amines) is 1. The maximum atomic E-state index is 13.9. The number of carbonyl (C=O) groups is 6. The number of aliphatic hydroxyl groups is 1. The number of amides is 5. The summed E-state index contributed by atoms with van der Waals surface area (Å²) in [5.41, 5.74) is -0.771. The Kier molecular flexibility index (Phi) is 16.7. The molecule has 5 amide bonds. The van der Waals surface area contributed by atoms with Crippen LogP contribution < -0.4 is 21.3 Å². The molecule has 12 nitrogen and oxygen atoms in total. The normalized spacial score (nSPS) is 16.4. The summed E-state index contributed by atoms with van der Waals surface area (Å²) in [4.78, 5) is 80.0. The summed E-state index contributed by atoms with van der Waals surface area (Å²) in [6.45, 7) is 20.0. The molecule has 5 N–H and O–H groups in total. The van der Waals surface area contributed by atoms with E-state index in [0.717, 1.165) is 0 Å². The Morgan fingerprint density at radius 2 is 1.56 bits per heavy atom. The highest BCUT2D eigenvalue weighted by molar-refractivity contribution is 6.38. The molecule has 1 saturated heterocycles. The van der Waals surface area contributed by atoms with E-state index in [4.69, 9.17) is 5.11 Å². The van der Waals surface area contributed by atoms with Crippen LogP contribution in [-0.2, 0) is 19.2 Å². The van der Waals surface area contributed by atoms with Crippen LogP contribution in [0.25, 0.3) is 0 Å². The van der Waals surface area contributed by atoms with Gasteiger partial charge in [-0.1, -0.05) is 84.4 Å². The molecule has 0 radical (unpaired) electrons. The van der Waals surface area contributed by atoms with Crippen molar-refractivity contribution >= 4 is 35.3 Å². The Hall–Kier alpha value is -4.06. The zero-order valence-electron chi connectivity index (χ0n) is 30.1. The molecule has 0 aromatic heterocycles. The van der Waals surface area contributed by atoms with E-state index in [9.17, 15) is 28.8 Å². The second kappa shape index (κ2) is 19.1. The van der Waals surface area contributed by atoms with Gasteiger partial charge in [0.2, 0.25) is 17.6 Å². The van der Waals surface area contributed by atoms with Crippen LogP contribution in [0.3, 0.4) is 0 Å². The minimum absolute atomic E-state index is 0.120. The molecule has 1 fully saturated rings. The molecule has 0 bridgehead atoms. The van der Waals surface area contributed by atoms with Gasteiger partial charge in [0.25, 0.3) is 5.91 Å². The summed E-state index contributed by atoms with van der Waals surface area (Å²) in [5.74, 6) is -3.01. The zero-order valence-corrected chi connectivity index (χ0v) is 30.1. The molecule has 1 aromatic rings. The van der Waals surface area contributed by atoms with Crippen LogP contribution in [0.2, 0.25) is 0 Å². The molecule has 12 heteroatoms. The largest absolute Gasteiger partial charge is 0.391 e.